The first-order valence-corrected chi connectivity index (χ1v) is 6.16. The Morgan fingerprint density at radius 2 is 2.12 bits per heavy atom. The maximum absolute atomic E-state index is 12.1. The molecular formula is C13H15BrO2. The largest absolute Gasteiger partial charge is 0.482 e. The molecule has 2 nitrogen and oxygen atoms in total. The van der Waals surface area contributed by atoms with Crippen molar-refractivity contribution in [3.63, 3.8) is 0 Å². The first-order valence-electron chi connectivity index (χ1n) is 5.37. The number of ketones is 1. The smallest absolute Gasteiger partial charge is 0.178 e. The van der Waals surface area contributed by atoms with Gasteiger partial charge in [0.15, 0.2) is 11.9 Å². The van der Waals surface area contributed by atoms with Gasteiger partial charge in [0.25, 0.3) is 0 Å². The Morgan fingerprint density at radius 3 is 2.75 bits per heavy atom. The summed E-state index contributed by atoms with van der Waals surface area (Å²) in [5, 5.41) is 0. The van der Waals surface area contributed by atoms with Gasteiger partial charge in [-0.2, -0.15) is 0 Å². The zero-order chi connectivity index (χ0) is 11.9. The highest BCUT2D eigenvalue weighted by Gasteiger charge is 2.35. The molecule has 0 saturated heterocycles. The molecule has 1 aliphatic rings. The molecule has 0 aromatic heterocycles. The molecular weight excluding hydrogens is 268 g/mol. The first kappa shape index (κ1) is 11.6. The highest BCUT2D eigenvalue weighted by molar-refractivity contribution is 9.10. The number of rotatable bonds is 1. The molecule has 0 radical (unpaired) electrons. The van der Waals surface area contributed by atoms with Crippen LogP contribution in [0.25, 0.3) is 0 Å². The molecule has 1 heterocycles. The molecule has 1 aromatic carbocycles. The number of carbonyl (C=O) groups excluding carboxylic acids is 1. The molecule has 3 heteroatoms. The third-order valence-corrected chi connectivity index (χ3v) is 3.23. The molecule has 2 rings (SSSR count). The minimum Gasteiger partial charge on any atom is -0.482 e. The van der Waals surface area contributed by atoms with E-state index in [-0.39, 0.29) is 17.3 Å². The molecule has 1 aromatic rings. The summed E-state index contributed by atoms with van der Waals surface area (Å²) in [7, 11) is 0. The van der Waals surface area contributed by atoms with Crippen molar-refractivity contribution in [2.45, 2.75) is 33.3 Å². The topological polar surface area (TPSA) is 26.3 Å². The highest BCUT2D eigenvalue weighted by Crippen LogP contribution is 2.34. The van der Waals surface area contributed by atoms with Gasteiger partial charge in [-0.05, 0) is 17.7 Å². The minimum atomic E-state index is -0.343. The zero-order valence-corrected chi connectivity index (χ0v) is 11.3. The van der Waals surface area contributed by atoms with E-state index in [1.165, 1.54) is 0 Å². The summed E-state index contributed by atoms with van der Waals surface area (Å²) in [6, 6.07) is 5.91. The third-order valence-electron chi connectivity index (χ3n) is 2.74. The first-order chi connectivity index (χ1) is 7.38. The maximum Gasteiger partial charge on any atom is 0.178 e. The summed E-state index contributed by atoms with van der Waals surface area (Å²) in [5.74, 6) is 0.997. The van der Waals surface area contributed by atoms with Gasteiger partial charge in [-0.15, -0.1) is 0 Å². The van der Waals surface area contributed by atoms with Crippen molar-refractivity contribution < 1.29 is 9.53 Å². The summed E-state index contributed by atoms with van der Waals surface area (Å²) >= 11 is 3.40. The Hall–Kier alpha value is -0.830. The lowest BCUT2D eigenvalue weighted by Gasteiger charge is -2.20. The Balaban J connectivity index is 2.20. The number of halogens is 1. The van der Waals surface area contributed by atoms with Crippen molar-refractivity contribution >= 4 is 21.7 Å². The van der Waals surface area contributed by atoms with Gasteiger partial charge < -0.3 is 4.74 Å². The van der Waals surface area contributed by atoms with Gasteiger partial charge in [0.2, 0.25) is 0 Å². The van der Waals surface area contributed by atoms with Crippen molar-refractivity contribution in [2.24, 2.45) is 5.41 Å². The molecule has 86 valence electrons. The SMILES string of the molecule is CC(C)(C)C(=O)C1Cc2ccc(Br)cc2O1. The fraction of sp³-hybridized carbons (Fsp3) is 0.462. The van der Waals surface area contributed by atoms with Gasteiger partial charge in [0.05, 0.1) is 0 Å². The van der Waals surface area contributed by atoms with E-state index in [0.717, 1.165) is 15.8 Å². The van der Waals surface area contributed by atoms with E-state index in [1.54, 1.807) is 0 Å². The van der Waals surface area contributed by atoms with Crippen LogP contribution in [0.15, 0.2) is 22.7 Å². The minimum absolute atomic E-state index is 0.167. The van der Waals surface area contributed by atoms with Crippen LogP contribution in [-0.2, 0) is 11.2 Å². The van der Waals surface area contributed by atoms with E-state index in [1.807, 2.05) is 39.0 Å². The summed E-state index contributed by atoms with van der Waals surface area (Å²) in [4.78, 5) is 12.1. The lowest BCUT2D eigenvalue weighted by molar-refractivity contribution is -0.132. The summed E-state index contributed by atoms with van der Waals surface area (Å²) in [5.41, 5.74) is 0.773. The van der Waals surface area contributed by atoms with Gasteiger partial charge in [-0.1, -0.05) is 42.8 Å². The summed E-state index contributed by atoms with van der Waals surface area (Å²) < 4.78 is 6.68. The molecule has 0 amide bonds. The second-order valence-electron chi connectivity index (χ2n) is 5.18. The number of fused-ring (bicyclic) bond motifs is 1. The number of ether oxygens (including phenoxy) is 1. The monoisotopic (exact) mass is 282 g/mol. The molecule has 0 bridgehead atoms. The fourth-order valence-electron chi connectivity index (χ4n) is 1.83. The van der Waals surface area contributed by atoms with Gasteiger partial charge in [0, 0.05) is 16.3 Å². The van der Waals surface area contributed by atoms with Crippen LogP contribution in [0.5, 0.6) is 5.75 Å². The second kappa shape index (κ2) is 3.88. The van der Waals surface area contributed by atoms with E-state index in [4.69, 9.17) is 4.74 Å². The van der Waals surface area contributed by atoms with Crippen LogP contribution in [0.3, 0.4) is 0 Å². The van der Waals surface area contributed by atoms with E-state index < -0.39 is 0 Å². The Labute approximate surface area is 104 Å². The number of hydrogen-bond acceptors (Lipinski definition) is 2. The normalized spacial score (nSPS) is 19.1. The van der Waals surface area contributed by atoms with Crippen LogP contribution < -0.4 is 4.74 Å². The van der Waals surface area contributed by atoms with Gasteiger partial charge in [0.1, 0.15) is 5.75 Å². The average Bonchev–Trinajstić information content (AvgIpc) is 2.57. The van der Waals surface area contributed by atoms with Crippen LogP contribution >= 0.6 is 15.9 Å². The van der Waals surface area contributed by atoms with Crippen LogP contribution in [-0.4, -0.2) is 11.9 Å². The molecule has 0 spiro atoms. The average molecular weight is 283 g/mol. The molecule has 16 heavy (non-hydrogen) atoms. The lowest BCUT2D eigenvalue weighted by Crippen LogP contribution is -2.35. The van der Waals surface area contributed by atoms with Crippen molar-refractivity contribution in [2.75, 3.05) is 0 Å². The molecule has 0 saturated carbocycles. The Kier molecular flexibility index (Phi) is 2.82. The number of benzene rings is 1. The number of hydrogen-bond donors (Lipinski definition) is 0. The molecule has 0 N–H and O–H groups in total. The van der Waals surface area contributed by atoms with Crippen LogP contribution in [0.2, 0.25) is 0 Å². The number of carbonyl (C=O) groups is 1. The number of Topliss-reactive ketones (excluding diaryl/α,β-unsaturated/α-hetero) is 1. The van der Waals surface area contributed by atoms with E-state index >= 15 is 0 Å². The summed E-state index contributed by atoms with van der Waals surface area (Å²) in [6.07, 6.45) is 0.378. The maximum atomic E-state index is 12.1. The predicted molar refractivity (Wildman–Crippen MR) is 66.7 cm³/mol. The van der Waals surface area contributed by atoms with Gasteiger partial charge >= 0.3 is 0 Å². The molecule has 1 unspecified atom stereocenters. The third kappa shape index (κ3) is 2.14. The Morgan fingerprint density at radius 1 is 1.44 bits per heavy atom. The standard InChI is InChI=1S/C13H15BrO2/c1-13(2,3)12(15)11-6-8-4-5-9(14)7-10(8)16-11/h4-5,7,11H,6H2,1-3H3. The van der Waals surface area contributed by atoms with Crippen LogP contribution in [0, 0.1) is 5.41 Å². The van der Waals surface area contributed by atoms with E-state index in [9.17, 15) is 4.79 Å². The predicted octanol–water partition coefficient (Wildman–Crippen LogP) is 3.37. The zero-order valence-electron chi connectivity index (χ0n) is 9.71. The highest BCUT2D eigenvalue weighted by atomic mass is 79.9. The Bertz CT molecular complexity index is 432. The van der Waals surface area contributed by atoms with Crippen molar-refractivity contribution in [1.82, 2.24) is 0 Å². The van der Waals surface area contributed by atoms with E-state index in [0.29, 0.717) is 6.42 Å². The van der Waals surface area contributed by atoms with Gasteiger partial charge in [-0.3, -0.25) is 4.79 Å². The lowest BCUT2D eigenvalue weighted by atomic mass is 9.86. The molecule has 1 aliphatic heterocycles. The quantitative estimate of drug-likeness (QED) is 0.790. The van der Waals surface area contributed by atoms with Crippen molar-refractivity contribution in [1.29, 1.82) is 0 Å². The molecule has 1 atom stereocenters. The van der Waals surface area contributed by atoms with E-state index in [2.05, 4.69) is 15.9 Å². The second-order valence-corrected chi connectivity index (χ2v) is 6.09. The van der Waals surface area contributed by atoms with Crippen molar-refractivity contribution in [3.8, 4) is 5.75 Å². The fourth-order valence-corrected chi connectivity index (χ4v) is 2.17. The van der Waals surface area contributed by atoms with Crippen molar-refractivity contribution in [3.05, 3.63) is 28.2 Å². The van der Waals surface area contributed by atoms with Crippen LogP contribution in [0.1, 0.15) is 26.3 Å². The van der Waals surface area contributed by atoms with Gasteiger partial charge in [-0.25, -0.2) is 0 Å². The van der Waals surface area contributed by atoms with Crippen LogP contribution in [0.4, 0.5) is 0 Å². The molecule has 0 fully saturated rings. The molecule has 0 aliphatic carbocycles. The summed E-state index contributed by atoms with van der Waals surface area (Å²) in [6.45, 7) is 5.78.